The third-order valence-electron chi connectivity index (χ3n) is 3.18. The number of ketones is 1. The second kappa shape index (κ2) is 6.13. The number of nitrogens with two attached hydrogens (primary N) is 1. The molecule has 1 atom stereocenters. The third-order valence-corrected chi connectivity index (χ3v) is 3.71. The molecule has 0 saturated carbocycles. The number of carbonyl (C=O) groups excluding carboxylic acids is 1. The highest BCUT2D eigenvalue weighted by Gasteiger charge is 2.11. The summed E-state index contributed by atoms with van der Waals surface area (Å²) in [6.07, 6.45) is 0. The number of halogens is 1. The van der Waals surface area contributed by atoms with Gasteiger partial charge in [0.15, 0.2) is 5.78 Å². The molecule has 2 aromatic carbocycles. The maximum absolute atomic E-state index is 12.4. The Kier molecular flexibility index (Phi) is 4.51. The summed E-state index contributed by atoms with van der Waals surface area (Å²) in [5.41, 5.74) is 8.17. The SMILES string of the molecule is CC(CN)c1cccc(C(=O)c2ccc(Br)cc2)c1. The summed E-state index contributed by atoms with van der Waals surface area (Å²) in [7, 11) is 0. The van der Waals surface area contributed by atoms with E-state index in [0.717, 1.165) is 10.0 Å². The topological polar surface area (TPSA) is 43.1 Å². The van der Waals surface area contributed by atoms with E-state index < -0.39 is 0 Å². The van der Waals surface area contributed by atoms with Crippen molar-refractivity contribution in [2.45, 2.75) is 12.8 Å². The second-order valence-corrected chi connectivity index (χ2v) is 5.51. The Hall–Kier alpha value is -1.45. The van der Waals surface area contributed by atoms with E-state index >= 15 is 0 Å². The molecule has 0 fully saturated rings. The highest BCUT2D eigenvalue weighted by atomic mass is 79.9. The van der Waals surface area contributed by atoms with Crippen LogP contribution < -0.4 is 5.73 Å². The van der Waals surface area contributed by atoms with Gasteiger partial charge in [-0.1, -0.05) is 41.1 Å². The highest BCUT2D eigenvalue weighted by Crippen LogP contribution is 2.19. The minimum absolute atomic E-state index is 0.0403. The number of benzene rings is 2. The van der Waals surface area contributed by atoms with Crippen LogP contribution in [0.15, 0.2) is 53.0 Å². The van der Waals surface area contributed by atoms with E-state index in [1.165, 1.54) is 0 Å². The molecule has 19 heavy (non-hydrogen) atoms. The predicted molar refractivity (Wildman–Crippen MR) is 81.5 cm³/mol. The molecule has 0 heterocycles. The Morgan fingerprint density at radius 3 is 2.47 bits per heavy atom. The Bertz CT molecular complexity index is 578. The van der Waals surface area contributed by atoms with Crippen LogP contribution in [-0.4, -0.2) is 12.3 Å². The minimum Gasteiger partial charge on any atom is -0.330 e. The Morgan fingerprint density at radius 1 is 1.16 bits per heavy atom. The molecule has 2 nitrogen and oxygen atoms in total. The van der Waals surface area contributed by atoms with Crippen LogP contribution in [0.2, 0.25) is 0 Å². The van der Waals surface area contributed by atoms with Gasteiger partial charge in [0.2, 0.25) is 0 Å². The molecule has 0 amide bonds. The zero-order valence-electron chi connectivity index (χ0n) is 10.8. The Morgan fingerprint density at radius 2 is 1.84 bits per heavy atom. The lowest BCUT2D eigenvalue weighted by Crippen LogP contribution is -2.10. The van der Waals surface area contributed by atoms with Crippen molar-refractivity contribution in [2.24, 2.45) is 5.73 Å². The first-order valence-electron chi connectivity index (χ1n) is 6.22. The lowest BCUT2D eigenvalue weighted by atomic mass is 9.96. The van der Waals surface area contributed by atoms with Gasteiger partial charge in [-0.3, -0.25) is 4.79 Å². The van der Waals surface area contributed by atoms with Gasteiger partial charge in [-0.2, -0.15) is 0 Å². The van der Waals surface area contributed by atoms with E-state index in [0.29, 0.717) is 17.7 Å². The fourth-order valence-electron chi connectivity index (χ4n) is 1.89. The van der Waals surface area contributed by atoms with Crippen LogP contribution in [0, 0.1) is 0 Å². The van der Waals surface area contributed by atoms with Crippen molar-refractivity contribution in [2.75, 3.05) is 6.54 Å². The molecule has 2 N–H and O–H groups in total. The second-order valence-electron chi connectivity index (χ2n) is 4.60. The molecule has 0 aliphatic carbocycles. The van der Waals surface area contributed by atoms with Gasteiger partial charge in [0.1, 0.15) is 0 Å². The maximum atomic E-state index is 12.4. The van der Waals surface area contributed by atoms with Crippen LogP contribution in [0.5, 0.6) is 0 Å². The van der Waals surface area contributed by atoms with Crippen molar-refractivity contribution in [3.8, 4) is 0 Å². The summed E-state index contributed by atoms with van der Waals surface area (Å²) in [4.78, 5) is 12.4. The molecule has 0 saturated heterocycles. The lowest BCUT2D eigenvalue weighted by Gasteiger charge is -2.10. The Balaban J connectivity index is 2.31. The fraction of sp³-hybridized carbons (Fsp3) is 0.188. The summed E-state index contributed by atoms with van der Waals surface area (Å²) in [6, 6.07) is 15.1. The number of hydrogen-bond donors (Lipinski definition) is 1. The molecule has 0 aliphatic heterocycles. The molecule has 3 heteroatoms. The summed E-state index contributed by atoms with van der Waals surface area (Å²) in [5.74, 6) is 0.302. The summed E-state index contributed by atoms with van der Waals surface area (Å²) < 4.78 is 0.967. The number of carbonyl (C=O) groups is 1. The number of rotatable bonds is 4. The average Bonchev–Trinajstić information content (AvgIpc) is 2.46. The molecule has 0 aromatic heterocycles. The van der Waals surface area contributed by atoms with Crippen molar-refractivity contribution < 1.29 is 4.79 Å². The monoisotopic (exact) mass is 317 g/mol. The molecule has 98 valence electrons. The fourth-order valence-corrected chi connectivity index (χ4v) is 2.15. The van der Waals surface area contributed by atoms with Gasteiger partial charge in [-0.15, -0.1) is 0 Å². The van der Waals surface area contributed by atoms with Crippen molar-refractivity contribution in [1.29, 1.82) is 0 Å². The maximum Gasteiger partial charge on any atom is 0.193 e. The molecule has 1 unspecified atom stereocenters. The molecule has 2 aromatic rings. The molecular formula is C16H16BrNO. The van der Waals surface area contributed by atoms with E-state index in [1.807, 2.05) is 48.5 Å². The van der Waals surface area contributed by atoms with Crippen molar-refractivity contribution in [3.63, 3.8) is 0 Å². The van der Waals surface area contributed by atoms with Gasteiger partial charge in [-0.25, -0.2) is 0 Å². The molecule has 0 bridgehead atoms. The summed E-state index contributed by atoms with van der Waals surface area (Å²) >= 11 is 3.37. The van der Waals surface area contributed by atoms with Crippen LogP contribution >= 0.6 is 15.9 Å². The third kappa shape index (κ3) is 3.31. The van der Waals surface area contributed by atoms with Crippen molar-refractivity contribution >= 4 is 21.7 Å². The van der Waals surface area contributed by atoms with E-state index in [-0.39, 0.29) is 11.7 Å². The van der Waals surface area contributed by atoms with E-state index in [2.05, 4.69) is 22.9 Å². The molecule has 2 rings (SSSR count). The normalized spacial score (nSPS) is 12.2. The van der Waals surface area contributed by atoms with Crippen molar-refractivity contribution in [3.05, 3.63) is 69.7 Å². The van der Waals surface area contributed by atoms with E-state index in [4.69, 9.17) is 5.73 Å². The molecule has 0 radical (unpaired) electrons. The van der Waals surface area contributed by atoms with Crippen LogP contribution in [0.3, 0.4) is 0 Å². The van der Waals surface area contributed by atoms with Crippen LogP contribution in [0.4, 0.5) is 0 Å². The van der Waals surface area contributed by atoms with Gasteiger partial charge in [0.25, 0.3) is 0 Å². The minimum atomic E-state index is 0.0403. The molecular weight excluding hydrogens is 302 g/mol. The van der Waals surface area contributed by atoms with Gasteiger partial charge in [0.05, 0.1) is 0 Å². The highest BCUT2D eigenvalue weighted by molar-refractivity contribution is 9.10. The number of hydrogen-bond acceptors (Lipinski definition) is 2. The lowest BCUT2D eigenvalue weighted by molar-refractivity contribution is 0.103. The average molecular weight is 318 g/mol. The van der Waals surface area contributed by atoms with Crippen LogP contribution in [-0.2, 0) is 0 Å². The first-order chi connectivity index (χ1) is 9.11. The van der Waals surface area contributed by atoms with Crippen molar-refractivity contribution in [1.82, 2.24) is 0 Å². The first kappa shape index (κ1) is 14.0. The zero-order valence-corrected chi connectivity index (χ0v) is 12.4. The predicted octanol–water partition coefficient (Wildman–Crippen LogP) is 3.74. The standard InChI is InChI=1S/C16H16BrNO/c1-11(10-18)13-3-2-4-14(9-13)16(19)12-5-7-15(17)8-6-12/h2-9,11H,10,18H2,1H3. The first-order valence-corrected chi connectivity index (χ1v) is 7.01. The largest absolute Gasteiger partial charge is 0.330 e. The summed E-state index contributed by atoms with van der Waals surface area (Å²) in [5, 5.41) is 0. The quantitative estimate of drug-likeness (QED) is 0.873. The van der Waals surface area contributed by atoms with E-state index in [9.17, 15) is 4.79 Å². The van der Waals surface area contributed by atoms with Gasteiger partial charge >= 0.3 is 0 Å². The molecule has 0 aliphatic rings. The van der Waals surface area contributed by atoms with Crippen LogP contribution in [0.1, 0.15) is 34.3 Å². The summed E-state index contributed by atoms with van der Waals surface area (Å²) in [6.45, 7) is 2.64. The molecule has 0 spiro atoms. The van der Waals surface area contributed by atoms with Gasteiger partial charge in [-0.05, 0) is 48.4 Å². The van der Waals surface area contributed by atoms with Crippen LogP contribution in [0.25, 0.3) is 0 Å². The van der Waals surface area contributed by atoms with Gasteiger partial charge in [0, 0.05) is 15.6 Å². The Labute approximate surface area is 121 Å². The van der Waals surface area contributed by atoms with E-state index in [1.54, 1.807) is 0 Å². The van der Waals surface area contributed by atoms with Gasteiger partial charge < -0.3 is 5.73 Å². The zero-order chi connectivity index (χ0) is 13.8. The smallest absolute Gasteiger partial charge is 0.193 e.